The minimum atomic E-state index is -3.78. The van der Waals surface area contributed by atoms with Gasteiger partial charge in [-0.05, 0) is 92.6 Å². The molecule has 3 saturated carbocycles. The van der Waals surface area contributed by atoms with Gasteiger partial charge >= 0.3 is 5.97 Å². The third-order valence-corrected chi connectivity index (χ3v) is 11.2. The van der Waals surface area contributed by atoms with Gasteiger partial charge < -0.3 is 4.74 Å². The first kappa shape index (κ1) is 24.1. The van der Waals surface area contributed by atoms with Gasteiger partial charge in [-0.1, -0.05) is 43.2 Å². The molecule has 0 bridgehead atoms. The molecule has 7 atom stereocenters. The van der Waals surface area contributed by atoms with Crippen molar-refractivity contribution >= 4 is 16.1 Å². The molecule has 4 aliphatic carbocycles. The molecule has 0 heterocycles. The maximum Gasteiger partial charge on any atom is 0.302 e. The number of aryl methyl sites for hydroxylation is 1. The second-order valence-electron chi connectivity index (χ2n) is 11.7. The van der Waals surface area contributed by atoms with Crippen LogP contribution >= 0.6 is 0 Å². The number of rotatable bonds is 4. The monoisotopic (exact) mass is 486 g/mol. The third kappa shape index (κ3) is 3.95. The predicted octanol–water partition coefficient (Wildman–Crippen LogP) is 5.96. The molecular weight excluding hydrogens is 448 g/mol. The number of fused-ring (bicyclic) bond motifs is 5. The van der Waals surface area contributed by atoms with Crippen molar-refractivity contribution in [2.75, 3.05) is 0 Å². The summed E-state index contributed by atoms with van der Waals surface area (Å²) in [5.41, 5.74) is 2.55. The summed E-state index contributed by atoms with van der Waals surface area (Å²) in [6, 6.07) is 6.94. The topological polar surface area (TPSA) is 69.7 Å². The largest absolute Gasteiger partial charge is 0.462 e. The van der Waals surface area contributed by atoms with Gasteiger partial charge in [-0.25, -0.2) is 0 Å². The number of benzene rings is 1. The Morgan fingerprint density at radius 3 is 2.44 bits per heavy atom. The number of hydrogen-bond donors (Lipinski definition) is 0. The zero-order chi connectivity index (χ0) is 24.3. The Kier molecular flexibility index (Phi) is 6.00. The first-order valence-electron chi connectivity index (χ1n) is 12.9. The lowest BCUT2D eigenvalue weighted by atomic mass is 9.48. The normalized spacial score (nSPS) is 39.4. The molecule has 34 heavy (non-hydrogen) atoms. The SMILES string of the molecule is CC(=O)O[C@H]1CC[C@@]2(C)C(=CC[C@H]3[C@@H]4CC[C@@H](OS(=O)(=O)c5ccc(C)cc5)[C@@]4(C)CC[C@@H]32)C1. The Balaban J connectivity index is 1.35. The maximum absolute atomic E-state index is 13.1. The molecule has 0 unspecified atom stereocenters. The fourth-order valence-corrected chi connectivity index (χ4v) is 9.19. The second-order valence-corrected chi connectivity index (χ2v) is 13.3. The Hall–Kier alpha value is -1.66. The van der Waals surface area contributed by atoms with Gasteiger partial charge in [-0.15, -0.1) is 0 Å². The molecule has 0 aliphatic heterocycles. The van der Waals surface area contributed by atoms with Crippen LogP contribution in [0.1, 0.15) is 77.7 Å². The van der Waals surface area contributed by atoms with Crippen LogP contribution in [0.25, 0.3) is 0 Å². The molecule has 186 valence electrons. The van der Waals surface area contributed by atoms with E-state index in [0.717, 1.165) is 56.9 Å². The molecule has 1 aromatic carbocycles. The molecule has 5 nitrogen and oxygen atoms in total. The zero-order valence-electron chi connectivity index (χ0n) is 20.9. The molecule has 0 aromatic heterocycles. The van der Waals surface area contributed by atoms with Crippen LogP contribution in [0.4, 0.5) is 0 Å². The Morgan fingerprint density at radius 1 is 1.00 bits per heavy atom. The van der Waals surface area contributed by atoms with Crippen LogP contribution in [0.2, 0.25) is 0 Å². The molecule has 0 amide bonds. The molecule has 0 radical (unpaired) electrons. The van der Waals surface area contributed by atoms with Crippen molar-refractivity contribution in [1.29, 1.82) is 0 Å². The molecule has 3 fully saturated rings. The van der Waals surface area contributed by atoms with Crippen LogP contribution in [0, 0.1) is 35.5 Å². The molecule has 0 N–H and O–H groups in total. The van der Waals surface area contributed by atoms with E-state index in [1.165, 1.54) is 12.5 Å². The van der Waals surface area contributed by atoms with Crippen molar-refractivity contribution in [3.8, 4) is 0 Å². The van der Waals surface area contributed by atoms with Gasteiger partial charge in [0, 0.05) is 13.3 Å². The van der Waals surface area contributed by atoms with E-state index in [0.29, 0.717) is 17.8 Å². The van der Waals surface area contributed by atoms with E-state index in [1.54, 1.807) is 12.1 Å². The standard InChI is InChI=1S/C28H38O5S/c1-18-5-8-22(9-6-18)34(30,31)33-26-12-11-24-23-10-7-20-17-21(32-19(2)29)13-15-27(20,3)25(23)14-16-28(24,26)4/h5-9,21,23-26H,10-17H2,1-4H3/t21-,23-,24-,25-,26+,27-,28-/m0/s1. The lowest BCUT2D eigenvalue weighted by molar-refractivity contribution is -0.148. The molecule has 1 aromatic rings. The molecule has 0 saturated heterocycles. The minimum absolute atomic E-state index is 0.0125. The molecule has 6 heteroatoms. The number of hydrogen-bond acceptors (Lipinski definition) is 5. The first-order valence-corrected chi connectivity index (χ1v) is 14.3. The fourth-order valence-electron chi connectivity index (χ4n) is 7.99. The number of carbonyl (C=O) groups excluding carboxylic acids is 1. The van der Waals surface area contributed by atoms with Crippen molar-refractivity contribution < 1.29 is 22.1 Å². The second kappa shape index (κ2) is 8.48. The highest BCUT2D eigenvalue weighted by Crippen LogP contribution is 2.65. The van der Waals surface area contributed by atoms with Crippen LogP contribution in [0.3, 0.4) is 0 Å². The minimum Gasteiger partial charge on any atom is -0.462 e. The van der Waals surface area contributed by atoms with Crippen LogP contribution in [-0.2, 0) is 23.8 Å². The quantitative estimate of drug-likeness (QED) is 0.298. The van der Waals surface area contributed by atoms with Crippen molar-refractivity contribution in [2.24, 2.45) is 28.6 Å². The number of esters is 1. The van der Waals surface area contributed by atoms with E-state index < -0.39 is 10.1 Å². The summed E-state index contributed by atoms with van der Waals surface area (Å²) in [5, 5.41) is 0. The van der Waals surface area contributed by atoms with E-state index in [4.69, 9.17) is 8.92 Å². The summed E-state index contributed by atoms with van der Waals surface area (Å²) in [6.45, 7) is 8.15. The van der Waals surface area contributed by atoms with Gasteiger partial charge in [0.15, 0.2) is 0 Å². The van der Waals surface area contributed by atoms with E-state index in [9.17, 15) is 13.2 Å². The van der Waals surface area contributed by atoms with Gasteiger partial charge in [0.2, 0.25) is 0 Å². The summed E-state index contributed by atoms with van der Waals surface area (Å²) in [4.78, 5) is 11.7. The van der Waals surface area contributed by atoms with E-state index in [1.807, 2.05) is 19.1 Å². The van der Waals surface area contributed by atoms with Gasteiger partial charge in [0.1, 0.15) is 6.10 Å². The van der Waals surface area contributed by atoms with Crippen molar-refractivity contribution in [3.63, 3.8) is 0 Å². The summed E-state index contributed by atoms with van der Waals surface area (Å²) in [5.74, 6) is 1.46. The summed E-state index contributed by atoms with van der Waals surface area (Å²) < 4.78 is 37.7. The Bertz CT molecular complexity index is 1090. The van der Waals surface area contributed by atoms with Crippen molar-refractivity contribution in [2.45, 2.75) is 96.2 Å². The zero-order valence-corrected chi connectivity index (χ0v) is 21.7. The smallest absolute Gasteiger partial charge is 0.302 e. The molecular formula is C28H38O5S. The van der Waals surface area contributed by atoms with Gasteiger partial charge in [-0.2, -0.15) is 8.42 Å². The molecule has 5 rings (SSSR count). The highest BCUT2D eigenvalue weighted by molar-refractivity contribution is 7.86. The molecule has 0 spiro atoms. The van der Waals surface area contributed by atoms with Crippen LogP contribution in [-0.4, -0.2) is 26.6 Å². The van der Waals surface area contributed by atoms with Crippen LogP contribution in [0.15, 0.2) is 40.8 Å². The third-order valence-electron chi connectivity index (χ3n) is 9.86. The first-order chi connectivity index (χ1) is 16.0. The Morgan fingerprint density at radius 2 is 1.74 bits per heavy atom. The average Bonchev–Trinajstić information content (AvgIpc) is 3.09. The van der Waals surface area contributed by atoms with Crippen molar-refractivity contribution in [1.82, 2.24) is 0 Å². The predicted molar refractivity (Wildman–Crippen MR) is 130 cm³/mol. The summed E-state index contributed by atoms with van der Waals surface area (Å²) in [7, 11) is -3.78. The number of carbonyl (C=O) groups is 1. The Labute approximate surface area is 204 Å². The van der Waals surface area contributed by atoms with Crippen LogP contribution < -0.4 is 0 Å². The van der Waals surface area contributed by atoms with Gasteiger partial charge in [0.05, 0.1) is 11.0 Å². The average molecular weight is 487 g/mol. The lowest BCUT2D eigenvalue weighted by Crippen LogP contribution is -2.51. The lowest BCUT2D eigenvalue weighted by Gasteiger charge is -2.57. The highest BCUT2D eigenvalue weighted by Gasteiger charge is 2.59. The summed E-state index contributed by atoms with van der Waals surface area (Å²) in [6.07, 6.45) is 10.0. The molecule has 4 aliphatic rings. The van der Waals surface area contributed by atoms with Crippen LogP contribution in [0.5, 0.6) is 0 Å². The summed E-state index contributed by atoms with van der Waals surface area (Å²) >= 11 is 0. The number of allylic oxidation sites excluding steroid dienone is 1. The highest BCUT2D eigenvalue weighted by atomic mass is 32.2. The van der Waals surface area contributed by atoms with E-state index in [-0.39, 0.29) is 33.9 Å². The van der Waals surface area contributed by atoms with Gasteiger partial charge in [-0.3, -0.25) is 8.98 Å². The van der Waals surface area contributed by atoms with E-state index in [2.05, 4.69) is 19.9 Å². The van der Waals surface area contributed by atoms with E-state index >= 15 is 0 Å². The number of ether oxygens (including phenoxy) is 1. The maximum atomic E-state index is 13.1. The van der Waals surface area contributed by atoms with Crippen molar-refractivity contribution in [3.05, 3.63) is 41.5 Å². The van der Waals surface area contributed by atoms with Gasteiger partial charge in [0.25, 0.3) is 10.1 Å². The fraction of sp³-hybridized carbons (Fsp3) is 0.679.